The summed E-state index contributed by atoms with van der Waals surface area (Å²) < 4.78 is 14.4. The minimum absolute atomic E-state index is 0.111. The van der Waals surface area contributed by atoms with Gasteiger partial charge in [0, 0.05) is 5.69 Å². The summed E-state index contributed by atoms with van der Waals surface area (Å²) in [6, 6.07) is 8.36. The van der Waals surface area contributed by atoms with Gasteiger partial charge < -0.3 is 5.32 Å². The second kappa shape index (κ2) is 6.59. The zero-order chi connectivity index (χ0) is 17.3. The number of nitrogens with one attached hydrogen (secondary N) is 1. The summed E-state index contributed by atoms with van der Waals surface area (Å²) >= 11 is 11.7. The quantitative estimate of drug-likeness (QED) is 0.772. The van der Waals surface area contributed by atoms with Crippen LogP contribution in [0.15, 0.2) is 47.5 Å². The molecule has 2 aromatic carbocycles. The largest absolute Gasteiger partial charge is 0.324 e. The van der Waals surface area contributed by atoms with Gasteiger partial charge >= 0.3 is 0 Å². The van der Waals surface area contributed by atoms with Gasteiger partial charge in [-0.05, 0) is 36.4 Å². The Morgan fingerprint density at radius 3 is 2.71 bits per heavy atom. The van der Waals surface area contributed by atoms with Crippen molar-refractivity contribution < 1.29 is 9.18 Å². The van der Waals surface area contributed by atoms with Gasteiger partial charge in [-0.25, -0.2) is 9.37 Å². The number of halogens is 3. The van der Waals surface area contributed by atoms with Crippen LogP contribution in [0, 0.1) is 5.82 Å². The lowest BCUT2D eigenvalue weighted by atomic mass is 10.2. The number of anilines is 1. The fourth-order valence-electron chi connectivity index (χ4n) is 2.17. The number of hydrogen-bond donors (Lipinski definition) is 1. The van der Waals surface area contributed by atoms with E-state index in [1.165, 1.54) is 24.5 Å². The minimum Gasteiger partial charge on any atom is -0.324 e. The Bertz CT molecular complexity index is 1000. The summed E-state index contributed by atoms with van der Waals surface area (Å²) in [5.41, 5.74) is 0.313. The summed E-state index contributed by atoms with van der Waals surface area (Å²) in [4.78, 5) is 28.4. The van der Waals surface area contributed by atoms with Crippen LogP contribution in [-0.2, 0) is 11.3 Å². The van der Waals surface area contributed by atoms with Gasteiger partial charge in [0.2, 0.25) is 5.91 Å². The standard InChI is InChI=1S/C16H10Cl2FN3O2/c17-12-3-2-10(6-13(12)18)21-15(23)7-22-8-20-14-4-1-9(19)5-11(14)16(22)24/h1-6,8H,7H2,(H,21,23). The van der Waals surface area contributed by atoms with E-state index in [1.54, 1.807) is 12.1 Å². The van der Waals surface area contributed by atoms with E-state index in [9.17, 15) is 14.0 Å². The molecular formula is C16H10Cl2FN3O2. The molecule has 24 heavy (non-hydrogen) atoms. The maximum absolute atomic E-state index is 13.3. The zero-order valence-corrected chi connectivity index (χ0v) is 13.6. The van der Waals surface area contributed by atoms with Crippen LogP contribution in [0.2, 0.25) is 10.0 Å². The van der Waals surface area contributed by atoms with Crippen LogP contribution < -0.4 is 10.9 Å². The van der Waals surface area contributed by atoms with Crippen LogP contribution in [0.5, 0.6) is 0 Å². The van der Waals surface area contributed by atoms with E-state index in [-0.39, 0.29) is 11.9 Å². The Morgan fingerprint density at radius 1 is 1.17 bits per heavy atom. The topological polar surface area (TPSA) is 64.0 Å². The first-order chi connectivity index (χ1) is 11.4. The molecule has 0 spiro atoms. The van der Waals surface area contributed by atoms with Crippen LogP contribution in [-0.4, -0.2) is 15.5 Å². The van der Waals surface area contributed by atoms with Gasteiger partial charge in [0.05, 0.1) is 27.3 Å². The molecule has 0 unspecified atom stereocenters. The normalized spacial score (nSPS) is 10.8. The Labute approximate surface area is 145 Å². The van der Waals surface area contributed by atoms with Crippen LogP contribution in [0.4, 0.5) is 10.1 Å². The highest BCUT2D eigenvalue weighted by Gasteiger charge is 2.10. The first kappa shape index (κ1) is 16.4. The zero-order valence-electron chi connectivity index (χ0n) is 12.1. The highest BCUT2D eigenvalue weighted by Crippen LogP contribution is 2.24. The number of fused-ring (bicyclic) bond motifs is 1. The van der Waals surface area contributed by atoms with E-state index in [2.05, 4.69) is 10.3 Å². The van der Waals surface area contributed by atoms with Crippen molar-refractivity contribution >= 4 is 45.7 Å². The fourth-order valence-corrected chi connectivity index (χ4v) is 2.47. The molecule has 5 nitrogen and oxygen atoms in total. The minimum atomic E-state index is -0.542. The van der Waals surface area contributed by atoms with Crippen LogP contribution in [0.3, 0.4) is 0 Å². The lowest BCUT2D eigenvalue weighted by Gasteiger charge is -2.08. The monoisotopic (exact) mass is 365 g/mol. The van der Waals surface area contributed by atoms with Crippen molar-refractivity contribution in [3.63, 3.8) is 0 Å². The van der Waals surface area contributed by atoms with Crippen LogP contribution in [0.1, 0.15) is 0 Å². The maximum Gasteiger partial charge on any atom is 0.261 e. The molecule has 1 aromatic heterocycles. The molecule has 1 amide bonds. The molecule has 1 heterocycles. The van der Waals surface area contributed by atoms with E-state index in [1.807, 2.05) is 0 Å². The summed E-state index contributed by atoms with van der Waals surface area (Å²) in [5, 5.41) is 3.38. The second-order valence-corrected chi connectivity index (χ2v) is 5.83. The number of hydrogen-bond acceptors (Lipinski definition) is 3. The number of rotatable bonds is 3. The Balaban J connectivity index is 1.84. The predicted octanol–water partition coefficient (Wildman–Crippen LogP) is 3.48. The first-order valence-corrected chi connectivity index (χ1v) is 7.59. The van der Waals surface area contributed by atoms with Crippen molar-refractivity contribution in [2.75, 3.05) is 5.32 Å². The van der Waals surface area contributed by atoms with Gasteiger partial charge in [-0.2, -0.15) is 0 Å². The number of amides is 1. The average Bonchev–Trinajstić information content (AvgIpc) is 2.54. The lowest BCUT2D eigenvalue weighted by molar-refractivity contribution is -0.116. The Morgan fingerprint density at radius 2 is 1.96 bits per heavy atom. The summed E-state index contributed by atoms with van der Waals surface area (Å²) in [6.45, 7) is -0.265. The molecule has 1 N–H and O–H groups in total. The fraction of sp³-hybridized carbons (Fsp3) is 0.0625. The molecule has 3 aromatic rings. The van der Waals surface area contributed by atoms with Gasteiger partial charge in [-0.1, -0.05) is 23.2 Å². The molecule has 0 saturated heterocycles. The molecule has 0 aliphatic rings. The number of aromatic nitrogens is 2. The molecular weight excluding hydrogens is 356 g/mol. The lowest BCUT2D eigenvalue weighted by Crippen LogP contribution is -2.28. The molecule has 0 saturated carbocycles. The third-order valence-corrected chi connectivity index (χ3v) is 4.04. The second-order valence-electron chi connectivity index (χ2n) is 5.02. The number of carbonyl (C=O) groups is 1. The molecule has 0 bridgehead atoms. The Hall–Kier alpha value is -2.44. The van der Waals surface area contributed by atoms with Crippen LogP contribution >= 0.6 is 23.2 Å². The predicted molar refractivity (Wildman–Crippen MR) is 91.1 cm³/mol. The number of nitrogens with zero attached hydrogens (tertiary/aromatic N) is 2. The summed E-state index contributed by atoms with van der Waals surface area (Å²) in [6.07, 6.45) is 1.25. The van der Waals surface area contributed by atoms with Gasteiger partial charge in [0.15, 0.2) is 0 Å². The van der Waals surface area contributed by atoms with Gasteiger partial charge in [0.25, 0.3) is 5.56 Å². The summed E-state index contributed by atoms with van der Waals surface area (Å²) in [5.74, 6) is -0.993. The smallest absolute Gasteiger partial charge is 0.261 e. The maximum atomic E-state index is 13.3. The summed E-state index contributed by atoms with van der Waals surface area (Å²) in [7, 11) is 0. The van der Waals surface area contributed by atoms with Gasteiger partial charge in [-0.15, -0.1) is 0 Å². The van der Waals surface area contributed by atoms with E-state index < -0.39 is 17.3 Å². The molecule has 8 heteroatoms. The van der Waals surface area contributed by atoms with Gasteiger partial charge in [0.1, 0.15) is 12.4 Å². The van der Waals surface area contributed by atoms with Crippen molar-refractivity contribution in [1.82, 2.24) is 9.55 Å². The van der Waals surface area contributed by atoms with Crippen LogP contribution in [0.25, 0.3) is 10.9 Å². The molecule has 0 aliphatic carbocycles. The molecule has 0 atom stereocenters. The van der Waals surface area contributed by atoms with E-state index in [0.717, 1.165) is 10.6 Å². The SMILES string of the molecule is O=C(Cn1cnc2ccc(F)cc2c1=O)Nc1ccc(Cl)c(Cl)c1. The van der Waals surface area contributed by atoms with E-state index >= 15 is 0 Å². The van der Waals surface area contributed by atoms with Crippen molar-refractivity contribution in [3.8, 4) is 0 Å². The van der Waals surface area contributed by atoms with E-state index in [4.69, 9.17) is 23.2 Å². The van der Waals surface area contributed by atoms with Crippen molar-refractivity contribution in [1.29, 1.82) is 0 Å². The average molecular weight is 366 g/mol. The molecule has 0 radical (unpaired) electrons. The van der Waals surface area contributed by atoms with Crippen molar-refractivity contribution in [3.05, 3.63) is 68.9 Å². The molecule has 0 fully saturated rings. The third-order valence-electron chi connectivity index (χ3n) is 3.30. The third kappa shape index (κ3) is 3.39. The van der Waals surface area contributed by atoms with Crippen molar-refractivity contribution in [2.24, 2.45) is 0 Å². The molecule has 0 aliphatic heterocycles. The Kier molecular flexibility index (Phi) is 4.51. The van der Waals surface area contributed by atoms with Gasteiger partial charge in [-0.3, -0.25) is 14.2 Å². The van der Waals surface area contributed by atoms with E-state index in [0.29, 0.717) is 21.2 Å². The highest BCUT2D eigenvalue weighted by molar-refractivity contribution is 6.42. The molecule has 122 valence electrons. The molecule has 3 rings (SSSR count). The van der Waals surface area contributed by atoms with Crippen molar-refractivity contribution in [2.45, 2.75) is 6.54 Å². The number of carbonyl (C=O) groups excluding carboxylic acids is 1. The highest BCUT2D eigenvalue weighted by atomic mass is 35.5. The first-order valence-electron chi connectivity index (χ1n) is 6.83. The number of benzene rings is 2.